The minimum Gasteiger partial charge on any atom is -0.462 e. The molecule has 2 amide bonds. The lowest BCUT2D eigenvalue weighted by molar-refractivity contribution is -0.152. The van der Waals surface area contributed by atoms with Crippen LogP contribution in [0.3, 0.4) is 0 Å². The highest BCUT2D eigenvalue weighted by molar-refractivity contribution is 6.32. The summed E-state index contributed by atoms with van der Waals surface area (Å²) in [5.41, 5.74) is 0. The Morgan fingerprint density at radius 3 is 2.15 bits per heavy atom. The zero-order valence-electron chi connectivity index (χ0n) is 7.55. The zero-order valence-corrected chi connectivity index (χ0v) is 7.55. The van der Waals surface area contributed by atoms with Crippen LogP contribution in [0.4, 0.5) is 0 Å². The van der Waals surface area contributed by atoms with E-state index >= 15 is 0 Å². The van der Waals surface area contributed by atoms with Gasteiger partial charge in [0.1, 0.15) is 0 Å². The monoisotopic (exact) mass is 188 g/mol. The maximum absolute atomic E-state index is 10.7. The van der Waals surface area contributed by atoms with Crippen LogP contribution >= 0.6 is 0 Å². The van der Waals surface area contributed by atoms with Crippen LogP contribution in [0.5, 0.6) is 0 Å². The summed E-state index contributed by atoms with van der Waals surface area (Å²) in [6, 6.07) is 0. The van der Waals surface area contributed by atoms with Crippen LogP contribution in [0.1, 0.15) is 6.92 Å². The molecule has 0 unspecified atom stereocenters. The highest BCUT2D eigenvalue weighted by Gasteiger charge is 2.11. The van der Waals surface area contributed by atoms with Crippen LogP contribution in [0.25, 0.3) is 0 Å². The first-order valence-electron chi connectivity index (χ1n) is 3.68. The predicted molar refractivity (Wildman–Crippen MR) is 43.7 cm³/mol. The molecule has 0 aliphatic heterocycles. The second-order valence-corrected chi connectivity index (χ2v) is 2.23. The van der Waals surface area contributed by atoms with E-state index in [0.717, 1.165) is 7.11 Å². The summed E-state index contributed by atoms with van der Waals surface area (Å²) >= 11 is 0. The molecule has 0 radical (unpaired) electrons. The molecule has 0 spiro atoms. The summed E-state index contributed by atoms with van der Waals surface area (Å²) in [4.78, 5) is 31.6. The SMILES string of the molecule is COC(=O)C(=O)NCCNC(C)=O. The van der Waals surface area contributed by atoms with E-state index in [1.165, 1.54) is 6.92 Å². The van der Waals surface area contributed by atoms with Gasteiger partial charge in [0.2, 0.25) is 5.91 Å². The average Bonchev–Trinajstić information content (AvgIpc) is 2.10. The second-order valence-electron chi connectivity index (χ2n) is 2.23. The van der Waals surface area contributed by atoms with Gasteiger partial charge in [0.25, 0.3) is 0 Å². The molecule has 0 rings (SSSR count). The molecule has 0 bridgehead atoms. The molecule has 2 N–H and O–H groups in total. The van der Waals surface area contributed by atoms with Gasteiger partial charge in [-0.05, 0) is 0 Å². The molecule has 0 aromatic heterocycles. The van der Waals surface area contributed by atoms with Gasteiger partial charge >= 0.3 is 11.9 Å². The Morgan fingerprint density at radius 1 is 1.15 bits per heavy atom. The number of rotatable bonds is 3. The van der Waals surface area contributed by atoms with Gasteiger partial charge in [-0.3, -0.25) is 9.59 Å². The Kier molecular flexibility index (Phi) is 5.25. The molecule has 0 saturated heterocycles. The maximum Gasteiger partial charge on any atom is 0.396 e. The molecular weight excluding hydrogens is 176 g/mol. The van der Waals surface area contributed by atoms with E-state index in [0.29, 0.717) is 0 Å². The summed E-state index contributed by atoms with van der Waals surface area (Å²) in [5, 5.41) is 4.71. The van der Waals surface area contributed by atoms with E-state index in [-0.39, 0.29) is 19.0 Å². The molecular formula is C7H12N2O4. The van der Waals surface area contributed by atoms with E-state index in [1.54, 1.807) is 0 Å². The van der Waals surface area contributed by atoms with Crippen molar-refractivity contribution in [1.29, 1.82) is 0 Å². The van der Waals surface area contributed by atoms with E-state index in [9.17, 15) is 14.4 Å². The van der Waals surface area contributed by atoms with Crippen LogP contribution < -0.4 is 10.6 Å². The van der Waals surface area contributed by atoms with Crippen LogP contribution in [0.2, 0.25) is 0 Å². The summed E-state index contributed by atoms with van der Waals surface area (Å²) in [6.07, 6.45) is 0. The van der Waals surface area contributed by atoms with Gasteiger partial charge in [-0.15, -0.1) is 0 Å². The number of esters is 1. The van der Waals surface area contributed by atoms with Crippen molar-refractivity contribution >= 4 is 17.8 Å². The van der Waals surface area contributed by atoms with Gasteiger partial charge in [-0.25, -0.2) is 4.79 Å². The fourth-order valence-electron chi connectivity index (χ4n) is 0.579. The van der Waals surface area contributed by atoms with Gasteiger partial charge in [-0.1, -0.05) is 0 Å². The van der Waals surface area contributed by atoms with Gasteiger partial charge in [0, 0.05) is 20.0 Å². The molecule has 0 aromatic carbocycles. The lowest BCUT2D eigenvalue weighted by Gasteiger charge is -2.03. The maximum atomic E-state index is 10.7. The van der Waals surface area contributed by atoms with Gasteiger partial charge in [0.15, 0.2) is 0 Å². The number of methoxy groups -OCH3 is 1. The summed E-state index contributed by atoms with van der Waals surface area (Å²) in [6.45, 7) is 1.85. The fourth-order valence-corrected chi connectivity index (χ4v) is 0.579. The largest absolute Gasteiger partial charge is 0.462 e. The number of carbonyl (C=O) groups is 3. The van der Waals surface area contributed by atoms with Crippen molar-refractivity contribution in [2.75, 3.05) is 20.2 Å². The van der Waals surface area contributed by atoms with Crippen molar-refractivity contribution in [3.8, 4) is 0 Å². The summed E-state index contributed by atoms with van der Waals surface area (Å²) < 4.78 is 4.15. The summed E-state index contributed by atoms with van der Waals surface area (Å²) in [5.74, 6) is -1.94. The van der Waals surface area contributed by atoms with Crippen LogP contribution in [-0.4, -0.2) is 38.0 Å². The molecule has 0 atom stereocenters. The first kappa shape index (κ1) is 11.4. The van der Waals surface area contributed by atoms with E-state index < -0.39 is 11.9 Å². The lowest BCUT2D eigenvalue weighted by atomic mass is 10.5. The Hall–Kier alpha value is -1.59. The third kappa shape index (κ3) is 5.66. The molecule has 0 heterocycles. The predicted octanol–water partition coefficient (Wildman–Crippen LogP) is -1.59. The minimum atomic E-state index is -0.942. The van der Waals surface area contributed by atoms with Gasteiger partial charge in [0.05, 0.1) is 7.11 Å². The van der Waals surface area contributed by atoms with E-state index in [2.05, 4.69) is 15.4 Å². The molecule has 13 heavy (non-hydrogen) atoms. The van der Waals surface area contributed by atoms with Crippen molar-refractivity contribution in [2.24, 2.45) is 0 Å². The molecule has 0 saturated carbocycles. The van der Waals surface area contributed by atoms with Gasteiger partial charge < -0.3 is 15.4 Å². The summed E-state index contributed by atoms with van der Waals surface area (Å²) in [7, 11) is 1.12. The molecule has 6 nitrogen and oxygen atoms in total. The van der Waals surface area contributed by atoms with E-state index in [1.807, 2.05) is 0 Å². The number of nitrogens with one attached hydrogen (secondary N) is 2. The van der Waals surface area contributed by atoms with Gasteiger partial charge in [-0.2, -0.15) is 0 Å². The number of amides is 2. The quantitative estimate of drug-likeness (QED) is 0.318. The number of hydrogen-bond acceptors (Lipinski definition) is 4. The molecule has 0 fully saturated rings. The highest BCUT2D eigenvalue weighted by atomic mass is 16.5. The topological polar surface area (TPSA) is 84.5 Å². The molecule has 0 aliphatic rings. The van der Waals surface area contributed by atoms with Crippen molar-refractivity contribution in [3.63, 3.8) is 0 Å². The fraction of sp³-hybridized carbons (Fsp3) is 0.571. The minimum absolute atomic E-state index is 0.188. The third-order valence-electron chi connectivity index (χ3n) is 1.16. The second kappa shape index (κ2) is 5.99. The highest BCUT2D eigenvalue weighted by Crippen LogP contribution is 1.72. The Balaban J connectivity index is 3.48. The number of ether oxygens (including phenoxy) is 1. The Morgan fingerprint density at radius 2 is 1.69 bits per heavy atom. The molecule has 6 heteroatoms. The Bertz CT molecular complexity index is 215. The van der Waals surface area contributed by atoms with Crippen molar-refractivity contribution in [2.45, 2.75) is 6.92 Å². The lowest BCUT2D eigenvalue weighted by Crippen LogP contribution is -2.37. The molecule has 0 aromatic rings. The Labute approximate surface area is 75.6 Å². The van der Waals surface area contributed by atoms with E-state index in [4.69, 9.17) is 0 Å². The first-order valence-corrected chi connectivity index (χ1v) is 3.68. The zero-order chi connectivity index (χ0) is 10.3. The standard InChI is InChI=1S/C7H12N2O4/c1-5(10)8-3-4-9-6(11)7(12)13-2/h3-4H2,1-2H3,(H,8,10)(H,9,11). The molecule has 0 aliphatic carbocycles. The number of carbonyl (C=O) groups excluding carboxylic acids is 3. The first-order chi connectivity index (χ1) is 6.07. The van der Waals surface area contributed by atoms with Crippen LogP contribution in [-0.2, 0) is 19.1 Å². The van der Waals surface area contributed by atoms with Crippen molar-refractivity contribution < 1.29 is 19.1 Å². The molecule has 74 valence electrons. The average molecular weight is 188 g/mol. The van der Waals surface area contributed by atoms with Crippen LogP contribution in [0.15, 0.2) is 0 Å². The van der Waals surface area contributed by atoms with Crippen LogP contribution in [0, 0.1) is 0 Å². The van der Waals surface area contributed by atoms with Crippen molar-refractivity contribution in [3.05, 3.63) is 0 Å². The smallest absolute Gasteiger partial charge is 0.396 e. The normalized spacial score (nSPS) is 8.77. The third-order valence-corrected chi connectivity index (χ3v) is 1.16. The van der Waals surface area contributed by atoms with Crippen molar-refractivity contribution in [1.82, 2.24) is 10.6 Å². The number of hydrogen-bond donors (Lipinski definition) is 2.